The monoisotopic (exact) mass is 554 g/mol. The molecular formula is C29H32BrFN2O3. The summed E-state index contributed by atoms with van der Waals surface area (Å²) in [7, 11) is 0. The molecule has 1 saturated carbocycles. The highest BCUT2D eigenvalue weighted by Gasteiger charge is 2.31. The number of carbonyl (C=O) groups excluding carboxylic acids is 2. The van der Waals surface area contributed by atoms with Crippen LogP contribution in [0.1, 0.15) is 80.8 Å². The molecule has 3 atom stereocenters. The molecule has 2 heterocycles. The van der Waals surface area contributed by atoms with Crippen LogP contribution in [0.3, 0.4) is 0 Å². The molecule has 1 fully saturated rings. The molecule has 5 nitrogen and oxygen atoms in total. The Morgan fingerprint density at radius 3 is 2.67 bits per heavy atom. The lowest BCUT2D eigenvalue weighted by Gasteiger charge is -2.34. The first kappa shape index (κ1) is 26.4. The van der Waals surface area contributed by atoms with Crippen molar-refractivity contribution < 1.29 is 18.7 Å². The summed E-state index contributed by atoms with van der Waals surface area (Å²) in [5.74, 6) is 0.215. The van der Waals surface area contributed by atoms with Crippen molar-refractivity contribution >= 4 is 38.6 Å². The van der Waals surface area contributed by atoms with Gasteiger partial charge in [0.25, 0.3) is 0 Å². The molecule has 1 aliphatic carbocycles. The number of nitrogens with zero attached hydrogens (tertiary/aromatic N) is 2. The number of pyridine rings is 2. The van der Waals surface area contributed by atoms with E-state index in [9.17, 15) is 14.0 Å². The second-order valence-corrected chi connectivity index (χ2v) is 11.9. The predicted molar refractivity (Wildman–Crippen MR) is 141 cm³/mol. The van der Waals surface area contributed by atoms with Gasteiger partial charge in [-0.25, -0.2) is 4.39 Å². The van der Waals surface area contributed by atoms with Crippen LogP contribution in [0.25, 0.3) is 10.9 Å². The second kappa shape index (κ2) is 10.8. The zero-order chi connectivity index (χ0) is 26.0. The van der Waals surface area contributed by atoms with E-state index in [2.05, 4.69) is 32.8 Å². The Bertz CT molecular complexity index is 1290. The lowest BCUT2D eigenvalue weighted by atomic mass is 9.71. The van der Waals surface area contributed by atoms with Crippen LogP contribution < -0.4 is 0 Å². The molecule has 0 spiro atoms. The zero-order valence-corrected chi connectivity index (χ0v) is 22.8. The van der Waals surface area contributed by atoms with Crippen LogP contribution in [0.15, 0.2) is 47.3 Å². The molecule has 0 saturated heterocycles. The summed E-state index contributed by atoms with van der Waals surface area (Å²) in [5, 5.41) is 0.313. The molecule has 0 amide bonds. The van der Waals surface area contributed by atoms with E-state index in [1.165, 1.54) is 12.1 Å². The van der Waals surface area contributed by atoms with Crippen LogP contribution in [0, 0.1) is 17.7 Å². The second-order valence-electron chi connectivity index (χ2n) is 11.0. The van der Waals surface area contributed by atoms with Crippen LogP contribution in [-0.2, 0) is 16.0 Å². The maximum atomic E-state index is 14.4. The van der Waals surface area contributed by atoms with Crippen LogP contribution in [0.5, 0.6) is 0 Å². The van der Waals surface area contributed by atoms with Gasteiger partial charge in [0.1, 0.15) is 11.4 Å². The van der Waals surface area contributed by atoms with E-state index in [1.807, 2.05) is 26.8 Å². The molecule has 190 valence electrons. The summed E-state index contributed by atoms with van der Waals surface area (Å²) in [4.78, 5) is 34.5. The maximum absolute atomic E-state index is 14.4. The third kappa shape index (κ3) is 6.36. The Kier molecular flexibility index (Phi) is 7.88. The molecule has 36 heavy (non-hydrogen) atoms. The predicted octanol–water partition coefficient (Wildman–Crippen LogP) is 7.21. The molecule has 1 aromatic carbocycles. The molecule has 4 rings (SSSR count). The van der Waals surface area contributed by atoms with Gasteiger partial charge in [0, 0.05) is 46.9 Å². The first-order valence-corrected chi connectivity index (χ1v) is 13.2. The van der Waals surface area contributed by atoms with E-state index in [1.54, 1.807) is 24.7 Å². The molecule has 0 bridgehead atoms. The number of carbonyl (C=O) groups is 2. The van der Waals surface area contributed by atoms with E-state index in [4.69, 9.17) is 4.74 Å². The van der Waals surface area contributed by atoms with E-state index >= 15 is 0 Å². The number of ether oxygens (including phenoxy) is 1. The zero-order valence-electron chi connectivity index (χ0n) is 21.2. The van der Waals surface area contributed by atoms with E-state index in [0.717, 1.165) is 30.4 Å². The standard InChI is InChI=1S/C29H32BrFN2O3/c1-17-9-18(12-27(35)36-29(2,3)4)11-19(10-17)22-7-8-32-15-20(22)13-26(34)23-5-6-25(31)24-14-21(30)16-33-28(23)24/h5-8,14-19H,9-13H2,1-4H3/t17-,18+,19-/m1/s1. The fourth-order valence-electron chi connectivity index (χ4n) is 5.42. The summed E-state index contributed by atoms with van der Waals surface area (Å²) in [5.41, 5.74) is 2.23. The minimum atomic E-state index is -0.495. The average Bonchev–Trinajstić information content (AvgIpc) is 2.78. The van der Waals surface area contributed by atoms with Crippen molar-refractivity contribution in [3.8, 4) is 0 Å². The van der Waals surface area contributed by atoms with Crippen molar-refractivity contribution in [2.75, 3.05) is 0 Å². The number of esters is 1. The van der Waals surface area contributed by atoms with Crippen molar-refractivity contribution in [1.29, 1.82) is 0 Å². The largest absolute Gasteiger partial charge is 0.460 e. The first-order valence-electron chi connectivity index (χ1n) is 12.4. The highest BCUT2D eigenvalue weighted by molar-refractivity contribution is 9.10. The third-order valence-corrected chi connectivity index (χ3v) is 7.15. The number of benzene rings is 1. The van der Waals surface area contributed by atoms with Crippen LogP contribution in [-0.4, -0.2) is 27.3 Å². The minimum absolute atomic E-state index is 0.127. The Morgan fingerprint density at radius 1 is 1.14 bits per heavy atom. The van der Waals surface area contributed by atoms with Crippen molar-refractivity contribution in [3.63, 3.8) is 0 Å². The van der Waals surface area contributed by atoms with Gasteiger partial charge in [0.05, 0.1) is 5.52 Å². The molecule has 0 N–H and O–H groups in total. The third-order valence-electron chi connectivity index (χ3n) is 6.71. The first-order chi connectivity index (χ1) is 17.0. The molecular weight excluding hydrogens is 523 g/mol. The van der Waals surface area contributed by atoms with Crippen molar-refractivity contribution in [1.82, 2.24) is 9.97 Å². The van der Waals surface area contributed by atoms with Crippen LogP contribution in [0.4, 0.5) is 4.39 Å². The quantitative estimate of drug-likeness (QED) is 0.238. The van der Waals surface area contributed by atoms with Gasteiger partial charge in [-0.3, -0.25) is 19.6 Å². The van der Waals surface area contributed by atoms with E-state index in [0.29, 0.717) is 33.3 Å². The van der Waals surface area contributed by atoms with Gasteiger partial charge in [-0.15, -0.1) is 0 Å². The molecule has 3 aromatic rings. The van der Waals surface area contributed by atoms with Gasteiger partial charge >= 0.3 is 5.97 Å². The molecule has 0 radical (unpaired) electrons. The molecule has 1 aliphatic rings. The van der Waals surface area contributed by atoms with Crippen molar-refractivity contribution in [2.24, 2.45) is 11.8 Å². The number of aromatic nitrogens is 2. The lowest BCUT2D eigenvalue weighted by Crippen LogP contribution is -2.28. The number of halogens is 2. The number of hydrogen-bond donors (Lipinski definition) is 0. The summed E-state index contributed by atoms with van der Waals surface area (Å²) in [6.45, 7) is 7.87. The van der Waals surface area contributed by atoms with Crippen molar-refractivity contribution in [3.05, 3.63) is 69.8 Å². The summed E-state index contributed by atoms with van der Waals surface area (Å²) in [6.07, 6.45) is 8.49. The summed E-state index contributed by atoms with van der Waals surface area (Å²) < 4.78 is 20.6. The lowest BCUT2D eigenvalue weighted by molar-refractivity contribution is -0.156. The van der Waals surface area contributed by atoms with Gasteiger partial charge in [0.2, 0.25) is 0 Å². The van der Waals surface area contributed by atoms with Gasteiger partial charge in [-0.2, -0.15) is 0 Å². The Balaban J connectivity index is 1.56. The normalized spacial score (nSPS) is 20.3. The van der Waals surface area contributed by atoms with Crippen molar-refractivity contribution in [2.45, 2.75) is 71.3 Å². The number of fused-ring (bicyclic) bond motifs is 1. The highest BCUT2D eigenvalue weighted by Crippen LogP contribution is 2.42. The molecule has 2 aromatic heterocycles. The van der Waals surface area contributed by atoms with Gasteiger partial charge in [-0.1, -0.05) is 6.92 Å². The highest BCUT2D eigenvalue weighted by atomic mass is 79.9. The van der Waals surface area contributed by atoms with E-state index in [-0.39, 0.29) is 30.0 Å². The molecule has 0 aliphatic heterocycles. The van der Waals surface area contributed by atoms with Gasteiger partial charge < -0.3 is 4.74 Å². The number of Topliss-reactive ketones (excluding diaryl/α,β-unsaturated/α-hetero) is 1. The average molecular weight is 555 g/mol. The number of ketones is 1. The fraction of sp³-hybridized carbons (Fsp3) is 0.448. The fourth-order valence-corrected chi connectivity index (χ4v) is 5.75. The SMILES string of the molecule is C[C@@H]1C[C@H](CC(=O)OC(C)(C)C)C[C@H](c2ccncc2CC(=O)c2ccc(F)c3cc(Br)cnc23)C1. The molecule has 0 unspecified atom stereocenters. The topological polar surface area (TPSA) is 69.2 Å². The van der Waals surface area contributed by atoms with Gasteiger partial charge in [-0.05, 0) is 109 Å². The van der Waals surface area contributed by atoms with E-state index < -0.39 is 11.4 Å². The minimum Gasteiger partial charge on any atom is -0.460 e. The Hall–Kier alpha value is -2.67. The Morgan fingerprint density at radius 2 is 1.92 bits per heavy atom. The van der Waals surface area contributed by atoms with Crippen LogP contribution >= 0.6 is 15.9 Å². The Labute approximate surface area is 220 Å². The number of rotatable bonds is 6. The smallest absolute Gasteiger partial charge is 0.306 e. The van der Waals surface area contributed by atoms with Gasteiger partial charge in [0.15, 0.2) is 5.78 Å². The van der Waals surface area contributed by atoms with Crippen LogP contribution in [0.2, 0.25) is 0 Å². The molecule has 7 heteroatoms. The summed E-state index contributed by atoms with van der Waals surface area (Å²) >= 11 is 3.32. The number of hydrogen-bond acceptors (Lipinski definition) is 5. The summed E-state index contributed by atoms with van der Waals surface area (Å²) in [6, 6.07) is 6.46. The maximum Gasteiger partial charge on any atom is 0.306 e.